The third-order valence-electron chi connectivity index (χ3n) is 2.87. The predicted molar refractivity (Wildman–Crippen MR) is 78.1 cm³/mol. The van der Waals surface area contributed by atoms with Gasteiger partial charge < -0.3 is 9.84 Å². The minimum atomic E-state index is -0.522. The van der Waals surface area contributed by atoms with Gasteiger partial charge >= 0.3 is 0 Å². The van der Waals surface area contributed by atoms with Crippen LogP contribution in [0.25, 0.3) is 0 Å². The number of hydrogen-bond acceptors (Lipinski definition) is 4. The van der Waals surface area contributed by atoms with E-state index >= 15 is 0 Å². The Kier molecular flexibility index (Phi) is 4.80. The van der Waals surface area contributed by atoms with Gasteiger partial charge in [0.25, 0.3) is 0 Å². The summed E-state index contributed by atoms with van der Waals surface area (Å²) in [6.45, 7) is 4.27. The van der Waals surface area contributed by atoms with Gasteiger partial charge in [-0.3, -0.25) is 0 Å². The number of benzene rings is 1. The van der Waals surface area contributed by atoms with Gasteiger partial charge in [0.2, 0.25) is 0 Å². The Bertz CT molecular complexity index is 554. The molecule has 0 aliphatic heterocycles. The first-order valence-electron chi connectivity index (χ1n) is 6.07. The zero-order valence-corrected chi connectivity index (χ0v) is 12.5. The van der Waals surface area contributed by atoms with Gasteiger partial charge in [0.15, 0.2) is 0 Å². The van der Waals surface area contributed by atoms with Crippen LogP contribution in [0, 0.1) is 6.92 Å². The molecular weight excluding hydrogens is 282 g/mol. The van der Waals surface area contributed by atoms with E-state index < -0.39 is 6.10 Å². The lowest BCUT2D eigenvalue weighted by Gasteiger charge is -2.10. The molecule has 0 unspecified atom stereocenters. The Balaban J connectivity index is 1.95. The highest BCUT2D eigenvalue weighted by Crippen LogP contribution is 2.28. The van der Waals surface area contributed by atoms with Crippen molar-refractivity contribution in [1.82, 2.24) is 4.98 Å². The molecule has 0 saturated carbocycles. The molecule has 5 heteroatoms. The van der Waals surface area contributed by atoms with Crippen LogP contribution in [0.2, 0.25) is 5.02 Å². The molecule has 0 fully saturated rings. The summed E-state index contributed by atoms with van der Waals surface area (Å²) in [7, 11) is 0. The third-order valence-corrected chi connectivity index (χ3v) is 4.16. The second-order valence-electron chi connectivity index (χ2n) is 4.33. The van der Waals surface area contributed by atoms with E-state index in [4.69, 9.17) is 16.3 Å². The molecule has 3 nitrogen and oxygen atoms in total. The van der Waals surface area contributed by atoms with Crippen molar-refractivity contribution in [2.75, 3.05) is 6.61 Å². The molecule has 0 spiro atoms. The van der Waals surface area contributed by atoms with E-state index in [0.29, 0.717) is 17.4 Å². The quantitative estimate of drug-likeness (QED) is 0.913. The van der Waals surface area contributed by atoms with Gasteiger partial charge in [-0.25, -0.2) is 4.98 Å². The molecule has 19 heavy (non-hydrogen) atoms. The fraction of sp³-hybridized carbons (Fsp3) is 0.357. The van der Waals surface area contributed by atoms with Gasteiger partial charge in [-0.05, 0) is 31.5 Å². The molecule has 1 aromatic carbocycles. The summed E-state index contributed by atoms with van der Waals surface area (Å²) < 4.78 is 5.67. The van der Waals surface area contributed by atoms with Crippen molar-refractivity contribution < 1.29 is 9.84 Å². The van der Waals surface area contributed by atoms with Crippen LogP contribution in [0.1, 0.15) is 29.2 Å². The van der Waals surface area contributed by atoms with Crippen LogP contribution >= 0.6 is 22.9 Å². The molecule has 0 aliphatic carbocycles. The summed E-state index contributed by atoms with van der Waals surface area (Å²) in [4.78, 5) is 5.43. The van der Waals surface area contributed by atoms with E-state index in [1.165, 1.54) is 4.88 Å². The highest BCUT2D eigenvalue weighted by Gasteiger charge is 2.07. The monoisotopic (exact) mass is 297 g/mol. The molecule has 1 heterocycles. The summed E-state index contributed by atoms with van der Waals surface area (Å²) in [6, 6.07) is 5.35. The van der Waals surface area contributed by atoms with Crippen LogP contribution in [0.5, 0.6) is 5.75 Å². The number of nitrogens with zero attached hydrogens (tertiary/aromatic N) is 1. The number of aryl methyl sites for hydroxylation is 1. The molecule has 0 amide bonds. The van der Waals surface area contributed by atoms with Crippen LogP contribution < -0.4 is 4.74 Å². The summed E-state index contributed by atoms with van der Waals surface area (Å²) in [5.74, 6) is 0.647. The molecule has 102 valence electrons. The molecule has 1 aromatic heterocycles. The number of aliphatic hydroxyl groups is 1. The fourth-order valence-corrected chi connectivity index (χ4v) is 2.72. The standard InChI is InChI=1S/C14H16ClNO2S/c1-9-14(19-8-16-9)5-6-18-13-4-3-11(10(2)17)7-12(13)15/h3-4,7-8,10,17H,5-6H2,1-2H3/t10-/m1/s1. The maximum atomic E-state index is 9.47. The Morgan fingerprint density at radius 1 is 1.47 bits per heavy atom. The van der Waals surface area contributed by atoms with Crippen molar-refractivity contribution in [3.63, 3.8) is 0 Å². The van der Waals surface area contributed by atoms with Gasteiger partial charge in [0.1, 0.15) is 5.75 Å². The van der Waals surface area contributed by atoms with E-state index in [1.54, 1.807) is 30.4 Å². The lowest BCUT2D eigenvalue weighted by Crippen LogP contribution is -2.02. The van der Waals surface area contributed by atoms with Gasteiger partial charge in [-0.1, -0.05) is 17.7 Å². The lowest BCUT2D eigenvalue weighted by atomic mass is 10.1. The van der Waals surface area contributed by atoms with Gasteiger partial charge in [0, 0.05) is 11.3 Å². The Morgan fingerprint density at radius 3 is 2.84 bits per heavy atom. The number of rotatable bonds is 5. The van der Waals surface area contributed by atoms with E-state index in [2.05, 4.69) is 4.98 Å². The molecule has 0 bridgehead atoms. The SMILES string of the molecule is Cc1ncsc1CCOc1ccc([C@@H](C)O)cc1Cl. The number of hydrogen-bond donors (Lipinski definition) is 1. The van der Waals surface area contributed by atoms with Crippen molar-refractivity contribution >= 4 is 22.9 Å². The largest absolute Gasteiger partial charge is 0.492 e. The molecular formula is C14H16ClNO2S. The first-order valence-corrected chi connectivity index (χ1v) is 7.33. The van der Waals surface area contributed by atoms with Crippen LogP contribution in [-0.4, -0.2) is 16.7 Å². The average molecular weight is 298 g/mol. The smallest absolute Gasteiger partial charge is 0.137 e. The minimum absolute atomic E-state index is 0.522. The summed E-state index contributed by atoms with van der Waals surface area (Å²) >= 11 is 7.76. The summed E-state index contributed by atoms with van der Waals surface area (Å²) in [5.41, 5.74) is 3.69. The molecule has 0 radical (unpaired) electrons. The zero-order chi connectivity index (χ0) is 13.8. The number of halogens is 1. The maximum absolute atomic E-state index is 9.47. The van der Waals surface area contributed by atoms with Crippen molar-refractivity contribution in [3.8, 4) is 5.75 Å². The van der Waals surface area contributed by atoms with Crippen LogP contribution in [-0.2, 0) is 6.42 Å². The van der Waals surface area contributed by atoms with E-state index in [1.807, 2.05) is 18.5 Å². The lowest BCUT2D eigenvalue weighted by molar-refractivity contribution is 0.199. The highest BCUT2D eigenvalue weighted by atomic mass is 35.5. The van der Waals surface area contributed by atoms with Crippen LogP contribution in [0.4, 0.5) is 0 Å². The molecule has 2 rings (SSSR count). The first kappa shape index (κ1) is 14.3. The third kappa shape index (κ3) is 3.69. The van der Waals surface area contributed by atoms with E-state index in [9.17, 15) is 5.11 Å². The van der Waals surface area contributed by atoms with Crippen molar-refractivity contribution in [2.24, 2.45) is 0 Å². The summed E-state index contributed by atoms with van der Waals surface area (Å²) in [6.07, 6.45) is 0.303. The van der Waals surface area contributed by atoms with E-state index in [-0.39, 0.29) is 0 Å². The molecule has 0 aliphatic rings. The number of thiazole rings is 1. The normalized spacial score (nSPS) is 12.4. The minimum Gasteiger partial charge on any atom is -0.492 e. The number of aliphatic hydroxyl groups excluding tert-OH is 1. The van der Waals surface area contributed by atoms with E-state index in [0.717, 1.165) is 17.7 Å². The Hall–Kier alpha value is -1.10. The van der Waals surface area contributed by atoms with Gasteiger partial charge in [-0.2, -0.15) is 0 Å². The van der Waals surface area contributed by atoms with Crippen molar-refractivity contribution in [2.45, 2.75) is 26.4 Å². The van der Waals surface area contributed by atoms with Crippen LogP contribution in [0.3, 0.4) is 0 Å². The summed E-state index contributed by atoms with van der Waals surface area (Å²) in [5, 5.41) is 9.99. The maximum Gasteiger partial charge on any atom is 0.137 e. The zero-order valence-electron chi connectivity index (χ0n) is 10.9. The first-order chi connectivity index (χ1) is 9.08. The molecule has 2 aromatic rings. The topological polar surface area (TPSA) is 42.4 Å². The van der Waals surface area contributed by atoms with Gasteiger partial charge in [-0.15, -0.1) is 11.3 Å². The Morgan fingerprint density at radius 2 is 2.26 bits per heavy atom. The van der Waals surface area contributed by atoms with Crippen LogP contribution in [0.15, 0.2) is 23.7 Å². The predicted octanol–water partition coefficient (Wildman–Crippen LogP) is 3.78. The molecule has 1 atom stereocenters. The van der Waals surface area contributed by atoms with Crippen molar-refractivity contribution in [1.29, 1.82) is 0 Å². The second kappa shape index (κ2) is 6.37. The number of aromatic nitrogens is 1. The van der Waals surface area contributed by atoms with Gasteiger partial charge in [0.05, 0.1) is 28.9 Å². The fourth-order valence-electron chi connectivity index (χ4n) is 1.71. The Labute approximate surface area is 121 Å². The molecule has 1 N–H and O–H groups in total. The van der Waals surface area contributed by atoms with Crippen molar-refractivity contribution in [3.05, 3.63) is 44.9 Å². The average Bonchev–Trinajstić information content (AvgIpc) is 2.77. The second-order valence-corrected chi connectivity index (χ2v) is 5.67. The molecule has 0 saturated heterocycles. The number of ether oxygens (including phenoxy) is 1. The highest BCUT2D eigenvalue weighted by molar-refractivity contribution is 7.09.